The highest BCUT2D eigenvalue weighted by atomic mass is 16.2. The number of carbonyl (C=O) groups is 1. The molecule has 24 heavy (non-hydrogen) atoms. The molecule has 8 heteroatoms. The zero-order chi connectivity index (χ0) is 16.8. The first-order valence-electron chi connectivity index (χ1n) is 8.68. The SMILES string of the molecule is NCCCCCCC(=O)N1CCN(c2ccc3nncn3n2)CC1. The fourth-order valence-corrected chi connectivity index (χ4v) is 3.00. The highest BCUT2D eigenvalue weighted by Gasteiger charge is 2.21. The molecule has 0 radical (unpaired) electrons. The van der Waals surface area contributed by atoms with E-state index in [0.717, 1.165) is 69.9 Å². The van der Waals surface area contributed by atoms with Gasteiger partial charge >= 0.3 is 0 Å². The third-order valence-electron chi connectivity index (χ3n) is 4.45. The molecule has 0 spiro atoms. The van der Waals surface area contributed by atoms with Gasteiger partial charge in [-0.2, -0.15) is 4.52 Å². The minimum absolute atomic E-state index is 0.268. The van der Waals surface area contributed by atoms with Crippen LogP contribution in [0.2, 0.25) is 0 Å². The number of fused-ring (bicyclic) bond motifs is 1. The van der Waals surface area contributed by atoms with E-state index >= 15 is 0 Å². The molecule has 3 rings (SSSR count). The lowest BCUT2D eigenvalue weighted by Gasteiger charge is -2.35. The zero-order valence-corrected chi connectivity index (χ0v) is 14.0. The Bertz CT molecular complexity index is 663. The number of unbranched alkanes of at least 4 members (excludes halogenated alkanes) is 3. The molecule has 2 N–H and O–H groups in total. The lowest BCUT2D eigenvalue weighted by atomic mass is 10.1. The van der Waals surface area contributed by atoms with Crippen molar-refractivity contribution in [2.75, 3.05) is 37.6 Å². The Morgan fingerprint density at radius 2 is 1.88 bits per heavy atom. The Balaban J connectivity index is 1.45. The van der Waals surface area contributed by atoms with Crippen LogP contribution in [0.1, 0.15) is 32.1 Å². The molecule has 3 heterocycles. The van der Waals surface area contributed by atoms with Crippen molar-refractivity contribution in [1.82, 2.24) is 24.7 Å². The summed E-state index contributed by atoms with van der Waals surface area (Å²) in [7, 11) is 0. The third kappa shape index (κ3) is 4.00. The molecule has 0 aromatic carbocycles. The van der Waals surface area contributed by atoms with Gasteiger partial charge in [0, 0.05) is 32.6 Å². The first-order chi connectivity index (χ1) is 11.8. The van der Waals surface area contributed by atoms with Gasteiger partial charge < -0.3 is 15.5 Å². The van der Waals surface area contributed by atoms with Gasteiger partial charge in [-0.05, 0) is 31.5 Å². The molecular formula is C16H25N7O. The molecule has 0 aliphatic carbocycles. The van der Waals surface area contributed by atoms with Crippen molar-refractivity contribution in [3.05, 3.63) is 18.5 Å². The van der Waals surface area contributed by atoms with Crippen LogP contribution in [0.15, 0.2) is 18.5 Å². The number of rotatable bonds is 7. The van der Waals surface area contributed by atoms with Gasteiger partial charge in [-0.1, -0.05) is 12.8 Å². The van der Waals surface area contributed by atoms with E-state index in [9.17, 15) is 4.79 Å². The molecule has 0 saturated carbocycles. The largest absolute Gasteiger partial charge is 0.352 e. The van der Waals surface area contributed by atoms with Gasteiger partial charge in [0.05, 0.1) is 0 Å². The maximum atomic E-state index is 12.3. The Morgan fingerprint density at radius 3 is 2.67 bits per heavy atom. The highest BCUT2D eigenvalue weighted by Crippen LogP contribution is 2.15. The van der Waals surface area contributed by atoms with E-state index in [1.54, 1.807) is 10.8 Å². The third-order valence-corrected chi connectivity index (χ3v) is 4.45. The van der Waals surface area contributed by atoms with Crippen LogP contribution in [-0.4, -0.2) is 63.3 Å². The number of piperazine rings is 1. The van der Waals surface area contributed by atoms with E-state index in [1.165, 1.54) is 0 Å². The van der Waals surface area contributed by atoms with Gasteiger partial charge in [-0.25, -0.2) is 0 Å². The topological polar surface area (TPSA) is 92.7 Å². The number of anilines is 1. The minimum atomic E-state index is 0.268. The van der Waals surface area contributed by atoms with Crippen molar-refractivity contribution in [1.29, 1.82) is 0 Å². The number of carbonyl (C=O) groups excluding carboxylic acids is 1. The molecule has 1 amide bonds. The molecule has 1 aliphatic rings. The second-order valence-electron chi connectivity index (χ2n) is 6.15. The summed E-state index contributed by atoms with van der Waals surface area (Å²) in [6, 6.07) is 3.87. The van der Waals surface area contributed by atoms with Gasteiger partial charge in [0.1, 0.15) is 12.1 Å². The normalized spacial score (nSPS) is 15.2. The summed E-state index contributed by atoms with van der Waals surface area (Å²) < 4.78 is 1.67. The van der Waals surface area contributed by atoms with E-state index < -0.39 is 0 Å². The number of amides is 1. The maximum Gasteiger partial charge on any atom is 0.222 e. The first kappa shape index (κ1) is 16.6. The molecule has 0 bridgehead atoms. The predicted octanol–water partition coefficient (Wildman–Crippen LogP) is 0.682. The predicted molar refractivity (Wildman–Crippen MR) is 91.7 cm³/mol. The molecule has 2 aromatic rings. The average Bonchev–Trinajstić information content (AvgIpc) is 3.09. The van der Waals surface area contributed by atoms with Crippen LogP contribution in [0.5, 0.6) is 0 Å². The summed E-state index contributed by atoms with van der Waals surface area (Å²) >= 11 is 0. The van der Waals surface area contributed by atoms with Crippen molar-refractivity contribution >= 4 is 17.4 Å². The van der Waals surface area contributed by atoms with Crippen molar-refractivity contribution in [3.63, 3.8) is 0 Å². The molecule has 1 fully saturated rings. The van der Waals surface area contributed by atoms with Crippen LogP contribution in [0.4, 0.5) is 5.82 Å². The van der Waals surface area contributed by atoms with Crippen LogP contribution in [0, 0.1) is 0 Å². The average molecular weight is 331 g/mol. The minimum Gasteiger partial charge on any atom is -0.352 e. The van der Waals surface area contributed by atoms with Gasteiger partial charge in [0.2, 0.25) is 5.91 Å². The van der Waals surface area contributed by atoms with Gasteiger partial charge in [-0.3, -0.25) is 4.79 Å². The van der Waals surface area contributed by atoms with Crippen LogP contribution in [-0.2, 0) is 4.79 Å². The molecular weight excluding hydrogens is 306 g/mol. The molecule has 8 nitrogen and oxygen atoms in total. The van der Waals surface area contributed by atoms with Crippen LogP contribution < -0.4 is 10.6 Å². The van der Waals surface area contributed by atoms with Crippen LogP contribution >= 0.6 is 0 Å². The second kappa shape index (κ2) is 8.05. The summed E-state index contributed by atoms with van der Waals surface area (Å²) in [6.07, 6.45) is 6.47. The quantitative estimate of drug-likeness (QED) is 0.750. The zero-order valence-electron chi connectivity index (χ0n) is 14.0. The lowest BCUT2D eigenvalue weighted by molar-refractivity contribution is -0.131. The molecule has 1 saturated heterocycles. The van der Waals surface area contributed by atoms with E-state index in [1.807, 2.05) is 17.0 Å². The Morgan fingerprint density at radius 1 is 1.08 bits per heavy atom. The fourth-order valence-electron chi connectivity index (χ4n) is 3.00. The van der Waals surface area contributed by atoms with Crippen molar-refractivity contribution in [2.24, 2.45) is 5.73 Å². The summed E-state index contributed by atoms with van der Waals surface area (Å²) in [4.78, 5) is 16.4. The first-order valence-corrected chi connectivity index (χ1v) is 8.68. The molecule has 0 atom stereocenters. The number of hydrogen-bond acceptors (Lipinski definition) is 6. The smallest absolute Gasteiger partial charge is 0.222 e. The van der Waals surface area contributed by atoms with Gasteiger partial charge in [-0.15, -0.1) is 15.3 Å². The number of hydrogen-bond donors (Lipinski definition) is 1. The summed E-state index contributed by atoms with van der Waals surface area (Å²) in [5, 5.41) is 12.3. The van der Waals surface area contributed by atoms with Crippen LogP contribution in [0.3, 0.4) is 0 Å². The van der Waals surface area contributed by atoms with Crippen LogP contribution in [0.25, 0.3) is 5.65 Å². The van der Waals surface area contributed by atoms with Crippen molar-refractivity contribution in [3.8, 4) is 0 Å². The Kier molecular flexibility index (Phi) is 5.58. The Labute approximate surface area is 141 Å². The lowest BCUT2D eigenvalue weighted by Crippen LogP contribution is -2.49. The summed E-state index contributed by atoms with van der Waals surface area (Å²) in [5.74, 6) is 1.17. The van der Waals surface area contributed by atoms with E-state index in [2.05, 4.69) is 20.2 Å². The number of aromatic nitrogens is 4. The molecule has 1 aliphatic heterocycles. The second-order valence-corrected chi connectivity index (χ2v) is 6.15. The number of nitrogens with two attached hydrogens (primary N) is 1. The standard InChI is InChI=1S/C16H25N7O/c17-8-4-2-1-3-5-16(24)22-11-9-21(10-12-22)15-7-6-14-19-18-13-23(14)20-15/h6-7,13H,1-5,8-12,17H2. The summed E-state index contributed by atoms with van der Waals surface area (Å²) in [5.41, 5.74) is 6.22. The van der Waals surface area contributed by atoms with E-state index in [-0.39, 0.29) is 5.91 Å². The van der Waals surface area contributed by atoms with Gasteiger partial charge in [0.15, 0.2) is 5.65 Å². The Hall–Kier alpha value is -2.22. The number of nitrogens with zero attached hydrogens (tertiary/aromatic N) is 6. The molecule has 0 unspecified atom stereocenters. The highest BCUT2D eigenvalue weighted by molar-refractivity contribution is 5.76. The van der Waals surface area contributed by atoms with E-state index in [0.29, 0.717) is 6.42 Å². The van der Waals surface area contributed by atoms with Gasteiger partial charge in [0.25, 0.3) is 0 Å². The van der Waals surface area contributed by atoms with Crippen molar-refractivity contribution < 1.29 is 4.79 Å². The fraction of sp³-hybridized carbons (Fsp3) is 0.625. The monoisotopic (exact) mass is 331 g/mol. The molecule has 130 valence electrons. The maximum absolute atomic E-state index is 12.3. The van der Waals surface area contributed by atoms with E-state index in [4.69, 9.17) is 5.73 Å². The van der Waals surface area contributed by atoms with Crippen molar-refractivity contribution in [2.45, 2.75) is 32.1 Å². The molecule has 2 aromatic heterocycles. The summed E-state index contributed by atoms with van der Waals surface area (Å²) in [6.45, 7) is 3.86.